The first-order valence-corrected chi connectivity index (χ1v) is 5.66. The van der Waals surface area contributed by atoms with Crippen molar-refractivity contribution in [3.05, 3.63) is 0 Å². The second kappa shape index (κ2) is 3.39. The molecule has 1 aliphatic rings. The standard InChI is InChI=1S/C9H16N2OS/c1-8(2,3)13(12)11-9(7-10)5-4-6-9/h11H,4-6H2,1-3H3. The summed E-state index contributed by atoms with van der Waals surface area (Å²) in [4.78, 5) is 0. The number of hydrogen-bond donors (Lipinski definition) is 1. The first kappa shape index (κ1) is 10.7. The van der Waals surface area contributed by atoms with E-state index in [1.54, 1.807) is 0 Å². The fourth-order valence-electron chi connectivity index (χ4n) is 1.10. The van der Waals surface area contributed by atoms with E-state index in [9.17, 15) is 4.21 Å². The summed E-state index contributed by atoms with van der Waals surface area (Å²) in [5, 5.41) is 8.90. The molecule has 1 rings (SSSR count). The van der Waals surface area contributed by atoms with Crippen molar-refractivity contribution in [2.24, 2.45) is 0 Å². The van der Waals surface area contributed by atoms with E-state index in [2.05, 4.69) is 10.8 Å². The van der Waals surface area contributed by atoms with Gasteiger partial charge in [-0.1, -0.05) is 0 Å². The molecule has 3 nitrogen and oxygen atoms in total. The number of nitriles is 1. The summed E-state index contributed by atoms with van der Waals surface area (Å²) in [6.07, 6.45) is 2.71. The van der Waals surface area contributed by atoms with Gasteiger partial charge in [0.25, 0.3) is 0 Å². The van der Waals surface area contributed by atoms with Gasteiger partial charge >= 0.3 is 0 Å². The van der Waals surface area contributed by atoms with Crippen molar-refractivity contribution in [3.63, 3.8) is 0 Å². The van der Waals surface area contributed by atoms with Crippen molar-refractivity contribution in [2.75, 3.05) is 0 Å². The Morgan fingerprint density at radius 3 is 2.23 bits per heavy atom. The fourth-order valence-corrected chi connectivity index (χ4v) is 2.01. The quantitative estimate of drug-likeness (QED) is 0.734. The molecule has 1 aliphatic carbocycles. The highest BCUT2D eigenvalue weighted by Crippen LogP contribution is 2.32. The van der Waals surface area contributed by atoms with Gasteiger partial charge in [-0.2, -0.15) is 5.26 Å². The topological polar surface area (TPSA) is 52.9 Å². The van der Waals surface area contributed by atoms with E-state index in [4.69, 9.17) is 5.26 Å². The van der Waals surface area contributed by atoms with Crippen LogP contribution in [0.2, 0.25) is 0 Å². The third-order valence-electron chi connectivity index (χ3n) is 2.27. The van der Waals surface area contributed by atoms with E-state index >= 15 is 0 Å². The average Bonchev–Trinajstić information content (AvgIpc) is 1.94. The van der Waals surface area contributed by atoms with Crippen molar-refractivity contribution in [1.82, 2.24) is 4.72 Å². The normalized spacial score (nSPS) is 22.9. The molecule has 1 unspecified atom stereocenters. The Morgan fingerprint density at radius 1 is 1.46 bits per heavy atom. The molecule has 74 valence electrons. The molecule has 0 amide bonds. The summed E-state index contributed by atoms with van der Waals surface area (Å²) in [5.41, 5.74) is -0.502. The maximum atomic E-state index is 11.7. The van der Waals surface area contributed by atoms with Crippen LogP contribution in [0.25, 0.3) is 0 Å². The highest BCUT2D eigenvalue weighted by atomic mass is 32.2. The molecule has 1 atom stereocenters. The zero-order valence-corrected chi connectivity index (χ0v) is 9.20. The SMILES string of the molecule is CC(C)(C)S(=O)NC1(C#N)CCC1. The van der Waals surface area contributed by atoms with Crippen molar-refractivity contribution < 1.29 is 4.21 Å². The molecule has 13 heavy (non-hydrogen) atoms. The van der Waals surface area contributed by atoms with Crippen LogP contribution in [0.3, 0.4) is 0 Å². The van der Waals surface area contributed by atoms with Crippen molar-refractivity contribution in [1.29, 1.82) is 5.26 Å². The summed E-state index contributed by atoms with van der Waals surface area (Å²) in [5.74, 6) is 0. The monoisotopic (exact) mass is 200 g/mol. The van der Waals surface area contributed by atoms with Gasteiger partial charge in [-0.05, 0) is 40.0 Å². The number of nitrogens with zero attached hydrogens (tertiary/aromatic N) is 1. The molecular weight excluding hydrogens is 184 g/mol. The maximum absolute atomic E-state index is 11.7. The molecule has 0 bridgehead atoms. The Kier molecular flexibility index (Phi) is 2.79. The molecule has 1 saturated carbocycles. The number of rotatable bonds is 2. The maximum Gasteiger partial charge on any atom is 0.117 e. The minimum Gasteiger partial charge on any atom is -0.242 e. The van der Waals surface area contributed by atoms with Crippen LogP contribution < -0.4 is 4.72 Å². The molecule has 0 aromatic heterocycles. The highest BCUT2D eigenvalue weighted by Gasteiger charge is 2.40. The molecule has 0 radical (unpaired) electrons. The lowest BCUT2D eigenvalue weighted by Crippen LogP contribution is -2.53. The van der Waals surface area contributed by atoms with Gasteiger partial charge in [0, 0.05) is 0 Å². The van der Waals surface area contributed by atoms with Crippen molar-refractivity contribution in [2.45, 2.75) is 50.3 Å². The summed E-state index contributed by atoms with van der Waals surface area (Å²) in [6.45, 7) is 5.71. The molecule has 1 N–H and O–H groups in total. The Hall–Kier alpha value is -0.400. The minimum absolute atomic E-state index is 0.292. The molecule has 0 aromatic carbocycles. The minimum atomic E-state index is -1.13. The number of nitrogens with one attached hydrogen (secondary N) is 1. The van der Waals surface area contributed by atoms with E-state index in [1.165, 1.54) is 0 Å². The van der Waals surface area contributed by atoms with Gasteiger partial charge < -0.3 is 0 Å². The third-order valence-corrected chi connectivity index (χ3v) is 3.95. The Morgan fingerprint density at radius 2 is 2.00 bits per heavy atom. The summed E-state index contributed by atoms with van der Waals surface area (Å²) in [7, 11) is -1.13. The van der Waals surface area contributed by atoms with Crippen LogP contribution in [-0.2, 0) is 11.0 Å². The molecule has 0 aliphatic heterocycles. The second-order valence-corrected chi connectivity index (χ2v) is 6.50. The zero-order chi connectivity index (χ0) is 10.1. The van der Waals surface area contributed by atoms with Crippen LogP contribution in [0.5, 0.6) is 0 Å². The first-order valence-electron chi connectivity index (χ1n) is 4.51. The summed E-state index contributed by atoms with van der Waals surface area (Å²) < 4.78 is 14.3. The average molecular weight is 200 g/mol. The van der Waals surface area contributed by atoms with Gasteiger partial charge in [0.1, 0.15) is 5.54 Å². The number of hydrogen-bond acceptors (Lipinski definition) is 2. The van der Waals surface area contributed by atoms with Gasteiger partial charge in [0.2, 0.25) is 0 Å². The van der Waals surface area contributed by atoms with E-state index in [-0.39, 0.29) is 4.75 Å². The van der Waals surface area contributed by atoms with Gasteiger partial charge in [0.05, 0.1) is 21.8 Å². The van der Waals surface area contributed by atoms with Crippen LogP contribution in [0.1, 0.15) is 40.0 Å². The molecule has 0 saturated heterocycles. The predicted octanol–water partition coefficient (Wildman–Crippen LogP) is 1.48. The van der Waals surface area contributed by atoms with Crippen LogP contribution in [0, 0.1) is 11.3 Å². The van der Waals surface area contributed by atoms with E-state index in [0.717, 1.165) is 19.3 Å². The molecule has 1 fully saturated rings. The fraction of sp³-hybridized carbons (Fsp3) is 0.889. The van der Waals surface area contributed by atoms with Crippen molar-refractivity contribution >= 4 is 11.0 Å². The van der Waals surface area contributed by atoms with Crippen LogP contribution >= 0.6 is 0 Å². The Balaban J connectivity index is 2.59. The second-order valence-electron chi connectivity index (χ2n) is 4.53. The molecule has 0 heterocycles. The summed E-state index contributed by atoms with van der Waals surface area (Å²) >= 11 is 0. The Bertz CT molecular complexity index is 258. The van der Waals surface area contributed by atoms with E-state index < -0.39 is 16.5 Å². The van der Waals surface area contributed by atoms with Gasteiger partial charge in [-0.3, -0.25) is 0 Å². The van der Waals surface area contributed by atoms with Crippen molar-refractivity contribution in [3.8, 4) is 6.07 Å². The molecule has 0 aromatic rings. The third kappa shape index (κ3) is 2.29. The summed E-state index contributed by atoms with van der Waals surface area (Å²) in [6, 6.07) is 2.21. The van der Waals surface area contributed by atoms with Gasteiger partial charge in [0.15, 0.2) is 0 Å². The van der Waals surface area contributed by atoms with Crippen LogP contribution in [-0.4, -0.2) is 14.5 Å². The van der Waals surface area contributed by atoms with Crippen LogP contribution in [0.4, 0.5) is 0 Å². The highest BCUT2D eigenvalue weighted by molar-refractivity contribution is 7.84. The molecule has 4 heteroatoms. The van der Waals surface area contributed by atoms with E-state index in [0.29, 0.717) is 0 Å². The Labute approximate surface area is 82.1 Å². The first-order chi connectivity index (χ1) is 5.90. The molecular formula is C9H16N2OS. The molecule has 0 spiro atoms. The lowest BCUT2D eigenvalue weighted by Gasteiger charge is -2.37. The predicted molar refractivity (Wildman–Crippen MR) is 53.2 cm³/mol. The lowest BCUT2D eigenvalue weighted by molar-refractivity contribution is 0.299. The van der Waals surface area contributed by atoms with Gasteiger partial charge in [-0.15, -0.1) is 0 Å². The van der Waals surface area contributed by atoms with Gasteiger partial charge in [-0.25, -0.2) is 8.93 Å². The smallest absolute Gasteiger partial charge is 0.117 e. The zero-order valence-electron chi connectivity index (χ0n) is 8.39. The van der Waals surface area contributed by atoms with E-state index in [1.807, 2.05) is 20.8 Å². The largest absolute Gasteiger partial charge is 0.242 e. The van der Waals surface area contributed by atoms with Crippen LogP contribution in [0.15, 0.2) is 0 Å². The lowest BCUT2D eigenvalue weighted by atomic mass is 9.79.